The van der Waals surface area contributed by atoms with Gasteiger partial charge in [0.2, 0.25) is 0 Å². The van der Waals surface area contributed by atoms with Crippen molar-refractivity contribution in [3.8, 4) is 17.2 Å². The molecule has 0 radical (unpaired) electrons. The highest BCUT2D eigenvalue weighted by Crippen LogP contribution is 2.28. The average Bonchev–Trinajstić information content (AvgIpc) is 2.80. The number of aryl methyl sites for hydroxylation is 1. The second-order valence-corrected chi connectivity index (χ2v) is 5.02. The van der Waals surface area contributed by atoms with Gasteiger partial charge in [0.1, 0.15) is 11.5 Å². The van der Waals surface area contributed by atoms with Crippen molar-refractivity contribution in [2.24, 2.45) is 0 Å². The number of alkyl halides is 1. The van der Waals surface area contributed by atoms with E-state index < -0.39 is 0 Å². The van der Waals surface area contributed by atoms with Crippen LogP contribution in [0.4, 0.5) is 0 Å². The molecule has 0 aliphatic rings. The molecule has 0 fully saturated rings. The number of Topliss-reactive ketones (excluding diaryl/α,β-unsaturated/α-hetero) is 1. The number of nitrogens with zero attached hydrogens (tertiary/aromatic N) is 1. The molecule has 1 aromatic heterocycles. The van der Waals surface area contributed by atoms with Gasteiger partial charge in [-0.2, -0.15) is 0 Å². The largest absolute Gasteiger partial charge is 0.497 e. The predicted molar refractivity (Wildman–Crippen MR) is 83.4 cm³/mol. The lowest BCUT2D eigenvalue weighted by Crippen LogP contribution is -2.04. The van der Waals surface area contributed by atoms with Gasteiger partial charge in [0.25, 0.3) is 0 Å². The van der Waals surface area contributed by atoms with Gasteiger partial charge in [0.05, 0.1) is 25.8 Å². The Morgan fingerprint density at radius 3 is 2.14 bits per heavy atom. The van der Waals surface area contributed by atoms with Crippen LogP contribution in [0, 0.1) is 13.8 Å². The Balaban J connectivity index is 2.61. The number of methoxy groups -OCH3 is 2. The highest BCUT2D eigenvalue weighted by atomic mass is 35.5. The van der Waals surface area contributed by atoms with Crippen molar-refractivity contribution in [2.75, 3.05) is 20.1 Å². The van der Waals surface area contributed by atoms with Crippen molar-refractivity contribution in [1.82, 2.24) is 4.57 Å². The summed E-state index contributed by atoms with van der Waals surface area (Å²) in [6.07, 6.45) is 0. The van der Waals surface area contributed by atoms with Crippen LogP contribution >= 0.6 is 11.6 Å². The third-order valence-corrected chi connectivity index (χ3v) is 3.69. The second kappa shape index (κ2) is 6.22. The summed E-state index contributed by atoms with van der Waals surface area (Å²) in [5, 5.41) is 0. The number of ether oxygens (including phenoxy) is 2. The minimum absolute atomic E-state index is 0.0221. The second-order valence-electron chi connectivity index (χ2n) is 4.75. The fourth-order valence-corrected chi connectivity index (χ4v) is 2.58. The molecule has 4 nitrogen and oxygen atoms in total. The van der Waals surface area contributed by atoms with Crippen molar-refractivity contribution in [1.29, 1.82) is 0 Å². The van der Waals surface area contributed by atoms with E-state index in [9.17, 15) is 4.79 Å². The summed E-state index contributed by atoms with van der Waals surface area (Å²) in [5.41, 5.74) is 3.34. The van der Waals surface area contributed by atoms with Crippen LogP contribution in [0.2, 0.25) is 0 Å². The first-order valence-corrected chi connectivity index (χ1v) is 7.06. The molecular weight excluding hydrogens is 290 g/mol. The number of ketones is 1. The molecule has 2 aromatic rings. The summed E-state index contributed by atoms with van der Waals surface area (Å²) in [7, 11) is 3.22. The summed E-state index contributed by atoms with van der Waals surface area (Å²) >= 11 is 5.66. The van der Waals surface area contributed by atoms with Crippen molar-refractivity contribution in [3.05, 3.63) is 41.2 Å². The molecule has 21 heavy (non-hydrogen) atoms. The van der Waals surface area contributed by atoms with Crippen molar-refractivity contribution < 1.29 is 14.3 Å². The molecule has 0 N–H and O–H groups in total. The van der Waals surface area contributed by atoms with E-state index in [1.807, 2.05) is 42.7 Å². The fourth-order valence-electron chi connectivity index (χ4n) is 2.44. The zero-order valence-corrected chi connectivity index (χ0v) is 13.3. The maximum absolute atomic E-state index is 11.9. The van der Waals surface area contributed by atoms with Gasteiger partial charge >= 0.3 is 0 Å². The maximum atomic E-state index is 11.9. The number of hydrogen-bond acceptors (Lipinski definition) is 3. The number of halogens is 1. The Kier molecular flexibility index (Phi) is 4.58. The number of carbonyl (C=O) groups is 1. The first-order chi connectivity index (χ1) is 10.0. The Morgan fingerprint density at radius 2 is 1.67 bits per heavy atom. The van der Waals surface area contributed by atoms with Crippen LogP contribution in [-0.4, -0.2) is 30.4 Å². The SMILES string of the molecule is COc1cc(OC)cc(-n2c(C)cc(C(=O)CCl)c2C)c1. The van der Waals surface area contributed by atoms with Crippen molar-refractivity contribution in [2.45, 2.75) is 13.8 Å². The molecule has 1 heterocycles. The van der Waals surface area contributed by atoms with Gasteiger partial charge in [-0.15, -0.1) is 11.6 Å². The molecular formula is C16H18ClNO3. The third kappa shape index (κ3) is 2.90. The van der Waals surface area contributed by atoms with Crippen LogP contribution in [-0.2, 0) is 0 Å². The molecule has 0 aliphatic heterocycles. The molecule has 0 aliphatic carbocycles. The molecule has 0 amide bonds. The molecule has 0 bridgehead atoms. The van der Waals surface area contributed by atoms with Crippen LogP contribution in [0.3, 0.4) is 0 Å². The van der Waals surface area contributed by atoms with Crippen LogP contribution in [0.5, 0.6) is 11.5 Å². The Morgan fingerprint density at radius 1 is 1.10 bits per heavy atom. The van der Waals surface area contributed by atoms with E-state index in [1.54, 1.807) is 14.2 Å². The Hall–Kier alpha value is -1.94. The lowest BCUT2D eigenvalue weighted by Gasteiger charge is -2.13. The van der Waals surface area contributed by atoms with Crippen molar-refractivity contribution in [3.63, 3.8) is 0 Å². The Labute approximate surface area is 129 Å². The van der Waals surface area contributed by atoms with Crippen LogP contribution < -0.4 is 9.47 Å². The molecule has 0 unspecified atom stereocenters. The van der Waals surface area contributed by atoms with Gasteiger partial charge in [-0.05, 0) is 19.9 Å². The van der Waals surface area contributed by atoms with Crippen molar-refractivity contribution >= 4 is 17.4 Å². The maximum Gasteiger partial charge on any atom is 0.179 e. The number of hydrogen-bond donors (Lipinski definition) is 0. The van der Waals surface area contributed by atoms with Crippen LogP contribution in [0.15, 0.2) is 24.3 Å². The minimum Gasteiger partial charge on any atom is -0.497 e. The number of carbonyl (C=O) groups excluding carboxylic acids is 1. The third-order valence-electron chi connectivity index (χ3n) is 3.45. The number of rotatable bonds is 5. The van der Waals surface area contributed by atoms with Gasteiger partial charge < -0.3 is 14.0 Å². The van der Waals surface area contributed by atoms with Crippen LogP contribution in [0.1, 0.15) is 21.7 Å². The summed E-state index contributed by atoms with van der Waals surface area (Å²) < 4.78 is 12.6. The number of aromatic nitrogens is 1. The van der Waals surface area contributed by atoms with E-state index >= 15 is 0 Å². The summed E-state index contributed by atoms with van der Waals surface area (Å²) in [6, 6.07) is 7.46. The standard InChI is InChI=1S/C16H18ClNO3/c1-10-5-15(16(19)9-17)11(2)18(10)12-6-13(20-3)8-14(7-12)21-4/h5-8H,9H2,1-4H3. The predicted octanol–water partition coefficient (Wildman–Crippen LogP) is 3.53. The summed E-state index contributed by atoms with van der Waals surface area (Å²) in [4.78, 5) is 11.9. The molecule has 1 aromatic carbocycles. The first kappa shape index (κ1) is 15.4. The van der Waals surface area contributed by atoms with E-state index in [2.05, 4.69) is 0 Å². The monoisotopic (exact) mass is 307 g/mol. The van der Waals surface area contributed by atoms with Gasteiger partial charge in [-0.1, -0.05) is 0 Å². The Bertz CT molecular complexity index is 654. The molecule has 5 heteroatoms. The molecule has 0 saturated carbocycles. The lowest BCUT2D eigenvalue weighted by atomic mass is 10.2. The summed E-state index contributed by atoms with van der Waals surface area (Å²) in [6.45, 7) is 3.85. The van der Waals surface area contributed by atoms with E-state index in [4.69, 9.17) is 21.1 Å². The molecule has 0 atom stereocenters. The minimum atomic E-state index is -0.0779. The number of benzene rings is 1. The van der Waals surface area contributed by atoms with Gasteiger partial charge in [0.15, 0.2) is 5.78 Å². The zero-order valence-electron chi connectivity index (χ0n) is 12.6. The van der Waals surface area contributed by atoms with E-state index in [1.165, 1.54) is 0 Å². The quantitative estimate of drug-likeness (QED) is 0.626. The highest BCUT2D eigenvalue weighted by molar-refractivity contribution is 6.30. The fraction of sp³-hybridized carbons (Fsp3) is 0.312. The topological polar surface area (TPSA) is 40.5 Å². The molecule has 112 valence electrons. The van der Waals surface area contributed by atoms with E-state index in [0.717, 1.165) is 17.1 Å². The first-order valence-electron chi connectivity index (χ1n) is 6.53. The average molecular weight is 308 g/mol. The molecule has 2 rings (SSSR count). The van der Waals surface area contributed by atoms with Gasteiger partial charge in [-0.3, -0.25) is 4.79 Å². The smallest absolute Gasteiger partial charge is 0.179 e. The van der Waals surface area contributed by atoms with E-state index in [-0.39, 0.29) is 11.7 Å². The molecule has 0 spiro atoms. The summed E-state index contributed by atoms with van der Waals surface area (Å²) in [5.74, 6) is 1.29. The highest BCUT2D eigenvalue weighted by Gasteiger charge is 2.16. The normalized spacial score (nSPS) is 10.5. The lowest BCUT2D eigenvalue weighted by molar-refractivity contribution is 0.102. The van der Waals surface area contributed by atoms with Gasteiger partial charge in [-0.25, -0.2) is 0 Å². The van der Waals surface area contributed by atoms with E-state index in [0.29, 0.717) is 17.1 Å². The zero-order chi connectivity index (χ0) is 15.6. The van der Waals surface area contributed by atoms with Crippen LogP contribution in [0.25, 0.3) is 5.69 Å². The van der Waals surface area contributed by atoms with Gasteiger partial charge in [0, 0.05) is 35.2 Å². The molecule has 0 saturated heterocycles.